The van der Waals surface area contributed by atoms with E-state index >= 15 is 0 Å². The highest BCUT2D eigenvalue weighted by atomic mass is 32.2. The van der Waals surface area contributed by atoms with Gasteiger partial charge in [-0.15, -0.1) is 21.5 Å². The normalized spacial score (nSPS) is 11.7. The van der Waals surface area contributed by atoms with Crippen LogP contribution in [0.15, 0.2) is 45.0 Å². The first kappa shape index (κ1) is 15.8. The number of nitrogens with one attached hydrogen (secondary N) is 1. The zero-order chi connectivity index (χ0) is 16.4. The summed E-state index contributed by atoms with van der Waals surface area (Å²) in [4.78, 5) is 0.577. The van der Waals surface area contributed by atoms with Crippen molar-refractivity contribution in [3.63, 3.8) is 0 Å². The van der Waals surface area contributed by atoms with E-state index < -0.39 is 10.0 Å². The molecule has 0 atom stereocenters. The predicted octanol–water partition coefficient (Wildman–Crippen LogP) is 2.72. The van der Waals surface area contributed by atoms with Crippen LogP contribution in [0.25, 0.3) is 10.8 Å². The van der Waals surface area contributed by atoms with Gasteiger partial charge in [-0.2, -0.15) is 0 Å². The van der Waals surface area contributed by atoms with Gasteiger partial charge in [0.15, 0.2) is 0 Å². The van der Waals surface area contributed by atoms with Crippen LogP contribution in [0.3, 0.4) is 0 Å². The standard InChI is InChI=1S/C14H12FN3O3S2/c1-9-17-18-14(21-9)12-6-7-13(22-12)23(19,20)16-8-10-2-4-11(15)5-3-10/h2-7,16H,8H2,1H3. The van der Waals surface area contributed by atoms with Crippen LogP contribution >= 0.6 is 11.3 Å². The molecule has 0 bridgehead atoms. The molecule has 120 valence electrons. The number of aryl methyl sites for hydroxylation is 1. The molecule has 0 unspecified atom stereocenters. The third-order valence-corrected chi connectivity index (χ3v) is 5.93. The Morgan fingerprint density at radius 2 is 1.91 bits per heavy atom. The van der Waals surface area contributed by atoms with Gasteiger partial charge in [-0.3, -0.25) is 0 Å². The van der Waals surface area contributed by atoms with Crippen molar-refractivity contribution in [2.75, 3.05) is 0 Å². The first-order valence-corrected chi connectivity index (χ1v) is 8.88. The van der Waals surface area contributed by atoms with Gasteiger partial charge in [0.05, 0.1) is 4.88 Å². The quantitative estimate of drug-likeness (QED) is 0.762. The highest BCUT2D eigenvalue weighted by molar-refractivity contribution is 7.91. The molecule has 0 fully saturated rings. The maximum atomic E-state index is 12.8. The predicted molar refractivity (Wildman–Crippen MR) is 82.8 cm³/mol. The lowest BCUT2D eigenvalue weighted by atomic mass is 10.2. The van der Waals surface area contributed by atoms with Crippen molar-refractivity contribution in [1.82, 2.24) is 14.9 Å². The summed E-state index contributed by atoms with van der Waals surface area (Å²) >= 11 is 1.04. The average Bonchev–Trinajstić information content (AvgIpc) is 3.16. The molecule has 9 heteroatoms. The topological polar surface area (TPSA) is 85.1 Å². The van der Waals surface area contributed by atoms with E-state index in [1.54, 1.807) is 13.0 Å². The third kappa shape index (κ3) is 3.63. The van der Waals surface area contributed by atoms with Crippen molar-refractivity contribution in [3.8, 4) is 10.8 Å². The fraction of sp³-hybridized carbons (Fsp3) is 0.143. The Labute approximate surface area is 136 Å². The number of rotatable bonds is 5. The number of sulfonamides is 1. The van der Waals surface area contributed by atoms with Crippen LogP contribution in [0.5, 0.6) is 0 Å². The maximum Gasteiger partial charge on any atom is 0.257 e. The number of hydrogen-bond donors (Lipinski definition) is 1. The minimum absolute atomic E-state index is 0.0789. The molecule has 0 aliphatic rings. The second kappa shape index (κ2) is 6.19. The van der Waals surface area contributed by atoms with Gasteiger partial charge in [0.2, 0.25) is 15.9 Å². The Hall–Kier alpha value is -2.10. The van der Waals surface area contributed by atoms with Crippen LogP contribution in [0.4, 0.5) is 4.39 Å². The first-order valence-electron chi connectivity index (χ1n) is 6.58. The van der Waals surface area contributed by atoms with Crippen molar-refractivity contribution in [1.29, 1.82) is 0 Å². The van der Waals surface area contributed by atoms with E-state index in [-0.39, 0.29) is 22.5 Å². The van der Waals surface area contributed by atoms with Crippen molar-refractivity contribution >= 4 is 21.4 Å². The zero-order valence-electron chi connectivity index (χ0n) is 12.0. The zero-order valence-corrected chi connectivity index (χ0v) is 13.6. The molecule has 1 N–H and O–H groups in total. The Morgan fingerprint density at radius 1 is 1.17 bits per heavy atom. The lowest BCUT2D eigenvalue weighted by molar-refractivity contribution is 0.534. The number of thiophene rings is 1. The van der Waals surface area contributed by atoms with Crippen LogP contribution in [-0.4, -0.2) is 18.6 Å². The summed E-state index contributed by atoms with van der Waals surface area (Å²) in [6.07, 6.45) is 0. The van der Waals surface area contributed by atoms with Gasteiger partial charge < -0.3 is 4.42 Å². The monoisotopic (exact) mass is 353 g/mol. The fourth-order valence-electron chi connectivity index (χ4n) is 1.83. The van der Waals surface area contributed by atoms with Gasteiger partial charge in [0, 0.05) is 13.5 Å². The molecule has 2 aromatic heterocycles. The highest BCUT2D eigenvalue weighted by Gasteiger charge is 2.19. The van der Waals surface area contributed by atoms with Gasteiger partial charge in [-0.25, -0.2) is 17.5 Å². The summed E-state index contributed by atoms with van der Waals surface area (Å²) in [6.45, 7) is 1.74. The van der Waals surface area contributed by atoms with E-state index in [1.165, 1.54) is 30.3 Å². The number of hydrogen-bond acceptors (Lipinski definition) is 6. The summed E-state index contributed by atoms with van der Waals surface area (Å²) in [5, 5.41) is 7.57. The van der Waals surface area contributed by atoms with E-state index in [0.717, 1.165) is 11.3 Å². The van der Waals surface area contributed by atoms with Crippen LogP contribution < -0.4 is 4.72 Å². The summed E-state index contributed by atoms with van der Waals surface area (Å²) in [7, 11) is -3.66. The molecule has 0 aliphatic carbocycles. The largest absolute Gasteiger partial charge is 0.420 e. The van der Waals surface area contributed by atoms with Crippen LogP contribution in [-0.2, 0) is 16.6 Å². The SMILES string of the molecule is Cc1nnc(-c2ccc(S(=O)(=O)NCc3ccc(F)cc3)s2)o1. The molecule has 0 spiro atoms. The van der Waals surface area contributed by atoms with Crippen LogP contribution in [0.1, 0.15) is 11.5 Å². The van der Waals surface area contributed by atoms with Gasteiger partial charge >= 0.3 is 0 Å². The van der Waals surface area contributed by atoms with Crippen molar-refractivity contribution in [2.45, 2.75) is 17.7 Å². The molecule has 0 saturated carbocycles. The van der Waals surface area contributed by atoms with E-state index in [9.17, 15) is 12.8 Å². The summed E-state index contributed by atoms with van der Waals surface area (Å²) < 4.78 is 45.3. The minimum Gasteiger partial charge on any atom is -0.420 e. The second-order valence-electron chi connectivity index (χ2n) is 4.70. The van der Waals surface area contributed by atoms with Gasteiger partial charge in [0.25, 0.3) is 5.89 Å². The number of benzene rings is 1. The molecule has 0 saturated heterocycles. The molecule has 23 heavy (non-hydrogen) atoms. The van der Waals surface area contributed by atoms with Crippen LogP contribution in [0, 0.1) is 12.7 Å². The van der Waals surface area contributed by atoms with Gasteiger partial charge in [-0.1, -0.05) is 12.1 Å². The first-order chi connectivity index (χ1) is 10.9. The number of halogens is 1. The number of aromatic nitrogens is 2. The number of nitrogens with zero attached hydrogens (tertiary/aromatic N) is 2. The van der Waals surface area contributed by atoms with E-state index in [1.807, 2.05) is 0 Å². The van der Waals surface area contributed by atoms with E-state index in [0.29, 0.717) is 16.3 Å². The smallest absolute Gasteiger partial charge is 0.257 e. The van der Waals surface area contributed by atoms with Gasteiger partial charge in [-0.05, 0) is 29.8 Å². The van der Waals surface area contributed by atoms with Gasteiger partial charge in [0.1, 0.15) is 10.0 Å². The molecular weight excluding hydrogens is 341 g/mol. The molecule has 3 rings (SSSR count). The van der Waals surface area contributed by atoms with Crippen molar-refractivity contribution in [2.24, 2.45) is 0 Å². The average molecular weight is 353 g/mol. The fourth-order valence-corrected chi connectivity index (χ4v) is 4.12. The molecule has 3 aromatic rings. The lowest BCUT2D eigenvalue weighted by Gasteiger charge is -2.04. The van der Waals surface area contributed by atoms with Crippen molar-refractivity contribution < 1.29 is 17.2 Å². The van der Waals surface area contributed by atoms with E-state index in [4.69, 9.17) is 4.42 Å². The minimum atomic E-state index is -3.66. The molecule has 1 aromatic carbocycles. The second-order valence-corrected chi connectivity index (χ2v) is 7.77. The molecule has 0 amide bonds. The lowest BCUT2D eigenvalue weighted by Crippen LogP contribution is -2.22. The Bertz CT molecular complexity index is 917. The van der Waals surface area contributed by atoms with Crippen molar-refractivity contribution in [3.05, 3.63) is 53.7 Å². The molecular formula is C14H12FN3O3S2. The third-order valence-electron chi connectivity index (χ3n) is 2.96. The summed E-state index contributed by atoms with van der Waals surface area (Å²) in [6, 6.07) is 8.71. The van der Waals surface area contributed by atoms with Crippen LogP contribution in [0.2, 0.25) is 0 Å². The Balaban J connectivity index is 1.75. The highest BCUT2D eigenvalue weighted by Crippen LogP contribution is 2.29. The summed E-state index contributed by atoms with van der Waals surface area (Å²) in [5.74, 6) is 0.328. The maximum absolute atomic E-state index is 12.8. The summed E-state index contributed by atoms with van der Waals surface area (Å²) in [5.41, 5.74) is 0.666. The van der Waals surface area contributed by atoms with E-state index in [2.05, 4.69) is 14.9 Å². The molecule has 0 aliphatic heterocycles. The molecule has 0 radical (unpaired) electrons. The Kier molecular flexibility index (Phi) is 4.24. The molecule has 6 nitrogen and oxygen atoms in total. The Morgan fingerprint density at radius 3 is 2.57 bits per heavy atom. The molecule has 2 heterocycles.